The Labute approximate surface area is 464 Å². The van der Waals surface area contributed by atoms with Crippen LogP contribution in [0.4, 0.5) is 5.69 Å². The normalized spacial score (nSPS) is 16.8. The molecule has 1 fully saturated rings. The number of carbonyl (C=O) groups is 3. The van der Waals surface area contributed by atoms with Gasteiger partial charge in [-0.15, -0.1) is 0 Å². The first-order valence-corrected chi connectivity index (χ1v) is 27.3. The van der Waals surface area contributed by atoms with Gasteiger partial charge in [-0.1, -0.05) is 84.9 Å². The van der Waals surface area contributed by atoms with Crippen molar-refractivity contribution < 1.29 is 66.0 Å². The molecule has 0 bridgehead atoms. The molecular weight excluding hydrogens is 1070 g/mol. The van der Waals surface area contributed by atoms with Crippen molar-refractivity contribution in [3.8, 4) is 17.2 Å². The standard InChI is InChI=1S/C59H58N5O16P/c1-72-43-25-20-40(21-26-43)59(39-14-6-4-7-15-39,41-22-27-44(73-2)28-23-41)76-37-50-55(79-54(69)31-30-53(67)68)56(57(78-50)64-34-32-51(65)62-58(64)70)80-81(71,74-3)77-35-13-12-33-63(52(66)38-75-45-16-8-5-9-17-45)42-24-29-48-49(36-42)61-47-19-11-10-18-46(47)60-48/h4-11,14-29,32,34,36,50,55-57H,12-13,30-31,33,35,37-38H2,1-3H3,(H,67,68)(H,62,65,70)/t50-,55-,56+,57-,81?/m1/s1. The summed E-state index contributed by atoms with van der Waals surface area (Å²) in [6.45, 7) is -0.852. The number of unbranched alkanes of at least 4 members (excludes halogenated alkanes) is 1. The molecule has 9 rings (SSSR count). The maximum atomic E-state index is 14.8. The van der Waals surface area contributed by atoms with Gasteiger partial charge in [0.2, 0.25) is 0 Å². The average molecular weight is 1120 g/mol. The molecule has 2 aromatic heterocycles. The van der Waals surface area contributed by atoms with Crippen LogP contribution in [0.25, 0.3) is 22.1 Å². The number of nitrogens with one attached hydrogen (secondary N) is 1. The minimum Gasteiger partial charge on any atom is -0.497 e. The van der Waals surface area contributed by atoms with E-state index in [0.717, 1.165) is 29.5 Å². The maximum absolute atomic E-state index is 14.8. The summed E-state index contributed by atoms with van der Waals surface area (Å²) in [5, 5.41) is 9.53. The molecule has 0 spiro atoms. The van der Waals surface area contributed by atoms with Gasteiger partial charge in [-0.3, -0.25) is 42.3 Å². The minimum absolute atomic E-state index is 0.145. The first-order chi connectivity index (χ1) is 39.3. The van der Waals surface area contributed by atoms with Crippen LogP contribution < -0.4 is 30.4 Å². The number of aliphatic carboxylic acids is 1. The first kappa shape index (κ1) is 57.1. The van der Waals surface area contributed by atoms with Crippen LogP contribution in [0, 0.1) is 0 Å². The monoisotopic (exact) mass is 1120 g/mol. The molecule has 1 aliphatic heterocycles. The summed E-state index contributed by atoms with van der Waals surface area (Å²) in [5.74, 6) is -1.02. The van der Waals surface area contributed by atoms with Crippen LogP contribution in [0.2, 0.25) is 0 Å². The number of hydrogen-bond donors (Lipinski definition) is 2. The number of carboxylic acids is 1. The highest BCUT2D eigenvalue weighted by molar-refractivity contribution is 7.48. The van der Waals surface area contributed by atoms with Gasteiger partial charge in [0.15, 0.2) is 25.0 Å². The van der Waals surface area contributed by atoms with E-state index in [1.807, 2.05) is 84.9 Å². The van der Waals surface area contributed by atoms with Crippen LogP contribution in [0.1, 0.15) is 48.6 Å². The second-order valence-electron chi connectivity index (χ2n) is 18.5. The number of esters is 1. The summed E-state index contributed by atoms with van der Waals surface area (Å²) in [6.07, 6.45) is -5.95. The van der Waals surface area contributed by atoms with Crippen LogP contribution in [0.5, 0.6) is 17.2 Å². The molecule has 21 nitrogen and oxygen atoms in total. The molecule has 6 aromatic carbocycles. The number of para-hydroxylation sites is 3. The highest BCUT2D eigenvalue weighted by Gasteiger charge is 2.54. The summed E-state index contributed by atoms with van der Waals surface area (Å²) >= 11 is 0. The minimum atomic E-state index is -4.75. The largest absolute Gasteiger partial charge is 0.497 e. The van der Waals surface area contributed by atoms with Gasteiger partial charge in [-0.05, 0) is 96.3 Å². The van der Waals surface area contributed by atoms with Gasteiger partial charge in [-0.2, -0.15) is 0 Å². The molecule has 5 atom stereocenters. The molecule has 2 N–H and O–H groups in total. The second kappa shape index (κ2) is 26.1. The quantitative estimate of drug-likeness (QED) is 0.0170. The summed E-state index contributed by atoms with van der Waals surface area (Å²) in [6, 6.07) is 46.4. The van der Waals surface area contributed by atoms with Gasteiger partial charge in [0.25, 0.3) is 11.5 Å². The first-order valence-electron chi connectivity index (χ1n) is 25.8. The van der Waals surface area contributed by atoms with E-state index < -0.39 is 80.6 Å². The van der Waals surface area contributed by atoms with Crippen molar-refractivity contribution in [3.63, 3.8) is 0 Å². The zero-order valence-corrected chi connectivity index (χ0v) is 45.3. The Bertz CT molecular complexity index is 3580. The van der Waals surface area contributed by atoms with Gasteiger partial charge >= 0.3 is 25.5 Å². The van der Waals surface area contributed by atoms with Crippen molar-refractivity contribution in [1.82, 2.24) is 19.5 Å². The number of H-pyrrole nitrogens is 1. The number of carboxylic acid groups (broad SMARTS) is 1. The van der Waals surface area contributed by atoms with E-state index in [9.17, 15) is 33.6 Å². The highest BCUT2D eigenvalue weighted by atomic mass is 31.2. The molecule has 0 aliphatic carbocycles. The number of ether oxygens (including phenoxy) is 6. The van der Waals surface area contributed by atoms with Crippen LogP contribution >= 0.6 is 7.82 Å². The Morgan fingerprint density at radius 1 is 0.704 bits per heavy atom. The third kappa shape index (κ3) is 13.6. The molecule has 0 saturated carbocycles. The van der Waals surface area contributed by atoms with E-state index in [4.69, 9.17) is 52.0 Å². The zero-order valence-electron chi connectivity index (χ0n) is 44.4. The number of benzene rings is 6. The fourth-order valence-electron chi connectivity index (χ4n) is 9.39. The molecule has 22 heteroatoms. The lowest BCUT2D eigenvalue weighted by Gasteiger charge is -2.37. The van der Waals surface area contributed by atoms with Gasteiger partial charge in [0, 0.05) is 31.6 Å². The Morgan fingerprint density at radius 3 is 1.93 bits per heavy atom. The summed E-state index contributed by atoms with van der Waals surface area (Å²) in [7, 11) is -0.594. The van der Waals surface area contributed by atoms with E-state index in [2.05, 4.69) is 4.98 Å². The number of aromatic amines is 1. The van der Waals surface area contributed by atoms with Crippen LogP contribution in [-0.4, -0.2) is 108 Å². The number of hydrogen-bond acceptors (Lipinski definition) is 17. The van der Waals surface area contributed by atoms with Crippen molar-refractivity contribution in [1.29, 1.82) is 0 Å². The molecule has 1 saturated heterocycles. The Kier molecular flexibility index (Phi) is 18.4. The summed E-state index contributed by atoms with van der Waals surface area (Å²) in [4.78, 5) is 78.7. The van der Waals surface area contributed by atoms with Crippen LogP contribution in [-0.2, 0) is 52.3 Å². The number of anilines is 1. The van der Waals surface area contributed by atoms with Gasteiger partial charge in [0.1, 0.15) is 29.0 Å². The lowest BCUT2D eigenvalue weighted by Crippen LogP contribution is -2.43. The van der Waals surface area contributed by atoms with E-state index in [-0.39, 0.29) is 32.1 Å². The Morgan fingerprint density at radius 2 is 1.31 bits per heavy atom. The molecule has 3 heterocycles. The van der Waals surface area contributed by atoms with Crippen LogP contribution in [0.15, 0.2) is 174 Å². The van der Waals surface area contributed by atoms with Gasteiger partial charge in [0.05, 0.1) is 62.3 Å². The Balaban J connectivity index is 1.00. The number of phosphoric acid groups is 1. The molecular formula is C59H58N5O16P. The number of amides is 1. The van der Waals surface area contributed by atoms with Crippen LogP contribution in [0.3, 0.4) is 0 Å². The number of phosphoric ester groups is 1. The summed E-state index contributed by atoms with van der Waals surface area (Å²) < 4.78 is 70.0. The summed E-state index contributed by atoms with van der Waals surface area (Å²) in [5.41, 5.74) is 1.86. The molecule has 81 heavy (non-hydrogen) atoms. The highest BCUT2D eigenvalue weighted by Crippen LogP contribution is 2.54. The SMILES string of the molecule is COc1ccc(C(OC[C@H]2O[C@@H](n3ccc(=O)[nH]c3=O)[C@@H](OP(=O)(OC)OCCCCN(C(=O)COc3ccccc3)c3ccc4nc5ccccc5nc4c3)[C@@H]2OC(=O)CCC(=O)O)(c2ccccc2)c2ccc(OC)cc2)cc1. The third-order valence-electron chi connectivity index (χ3n) is 13.4. The lowest BCUT2D eigenvalue weighted by atomic mass is 9.80. The predicted octanol–water partition coefficient (Wildman–Crippen LogP) is 8.38. The number of nitrogens with zero attached hydrogens (tertiary/aromatic N) is 4. The predicted molar refractivity (Wildman–Crippen MR) is 296 cm³/mol. The average Bonchev–Trinajstić information content (AvgIpc) is 3.99. The van der Waals surface area contributed by atoms with Crippen molar-refractivity contribution in [2.24, 2.45) is 0 Å². The van der Waals surface area contributed by atoms with Crippen molar-refractivity contribution in [3.05, 3.63) is 201 Å². The number of carbonyl (C=O) groups excluding carboxylic acids is 2. The number of rotatable bonds is 26. The van der Waals surface area contributed by atoms with E-state index >= 15 is 0 Å². The van der Waals surface area contributed by atoms with Crippen molar-refractivity contribution in [2.45, 2.75) is 55.8 Å². The lowest BCUT2D eigenvalue weighted by molar-refractivity contribution is -0.160. The fourth-order valence-corrected chi connectivity index (χ4v) is 10.5. The van der Waals surface area contributed by atoms with Gasteiger partial charge in [-0.25, -0.2) is 19.3 Å². The second-order valence-corrected chi connectivity index (χ2v) is 20.2. The topological polar surface area (TPSA) is 255 Å². The fraction of sp³-hybridized carbons (Fsp3) is 0.271. The molecule has 1 unspecified atom stereocenters. The molecule has 1 amide bonds. The van der Waals surface area contributed by atoms with Crippen molar-refractivity contribution in [2.75, 3.05) is 52.6 Å². The number of methoxy groups -OCH3 is 2. The van der Waals surface area contributed by atoms with E-state index in [1.54, 1.807) is 85.8 Å². The molecule has 8 aromatic rings. The smallest absolute Gasteiger partial charge is 0.475 e. The Hall–Kier alpha value is -8.56. The van der Waals surface area contributed by atoms with Gasteiger partial charge < -0.3 is 38.4 Å². The number of fused-ring (bicyclic) bond motifs is 2. The zero-order chi connectivity index (χ0) is 56.9. The molecule has 420 valence electrons. The number of aromatic nitrogens is 4. The molecule has 1 aliphatic rings. The van der Waals surface area contributed by atoms with E-state index in [0.29, 0.717) is 62.6 Å². The molecule has 0 radical (unpaired) electrons. The van der Waals surface area contributed by atoms with E-state index in [1.165, 1.54) is 0 Å². The maximum Gasteiger partial charge on any atom is 0.475 e. The third-order valence-corrected chi connectivity index (χ3v) is 14.8. The van der Waals surface area contributed by atoms with Crippen molar-refractivity contribution >= 4 is 53.4 Å².